The maximum Gasteiger partial charge on any atom is 0.255 e. The highest BCUT2D eigenvalue weighted by Gasteiger charge is 2.14. The van der Waals surface area contributed by atoms with E-state index < -0.39 is 5.82 Å². The summed E-state index contributed by atoms with van der Waals surface area (Å²) in [7, 11) is 0. The first-order chi connectivity index (χ1) is 13.1. The Labute approximate surface area is 157 Å². The molecular formula is C21H23FN4O. The minimum Gasteiger partial charge on any atom is -0.329 e. The third-order valence-corrected chi connectivity index (χ3v) is 5.11. The van der Waals surface area contributed by atoms with Crippen molar-refractivity contribution in [2.24, 2.45) is 0 Å². The van der Waals surface area contributed by atoms with Gasteiger partial charge in [-0.1, -0.05) is 6.07 Å². The zero-order chi connectivity index (χ0) is 18.8. The number of aromatic nitrogens is 2. The van der Waals surface area contributed by atoms with Crippen LogP contribution in [0.5, 0.6) is 0 Å². The van der Waals surface area contributed by atoms with E-state index in [-0.39, 0.29) is 11.6 Å². The molecule has 140 valence electrons. The van der Waals surface area contributed by atoms with Gasteiger partial charge >= 0.3 is 0 Å². The lowest BCUT2D eigenvalue weighted by Crippen LogP contribution is -2.23. The molecule has 27 heavy (non-hydrogen) atoms. The van der Waals surface area contributed by atoms with Gasteiger partial charge in [-0.05, 0) is 68.8 Å². The Morgan fingerprint density at radius 3 is 2.78 bits per heavy atom. The summed E-state index contributed by atoms with van der Waals surface area (Å²) < 4.78 is 16.0. The SMILES string of the molecule is Cc1ccc(F)c(NC(=O)c2ccc3c(c2)ncn3CCN2CCCC2)c1. The number of carbonyl (C=O) groups is 1. The molecule has 3 aromatic rings. The number of imidazole rings is 1. The molecule has 1 fully saturated rings. The smallest absolute Gasteiger partial charge is 0.255 e. The monoisotopic (exact) mass is 366 g/mol. The van der Waals surface area contributed by atoms with Gasteiger partial charge in [0.05, 0.1) is 23.0 Å². The lowest BCUT2D eigenvalue weighted by atomic mass is 10.1. The number of benzene rings is 2. The molecule has 0 aliphatic carbocycles. The predicted molar refractivity (Wildman–Crippen MR) is 104 cm³/mol. The fraction of sp³-hybridized carbons (Fsp3) is 0.333. The Hall–Kier alpha value is -2.73. The molecule has 1 saturated heterocycles. The molecule has 6 heteroatoms. The molecule has 0 spiro atoms. The number of halogens is 1. The molecule has 2 heterocycles. The van der Waals surface area contributed by atoms with E-state index in [4.69, 9.17) is 0 Å². The van der Waals surface area contributed by atoms with E-state index in [0.717, 1.165) is 29.7 Å². The molecule has 1 aliphatic rings. The number of carbonyl (C=O) groups excluding carboxylic acids is 1. The van der Waals surface area contributed by atoms with Crippen LogP contribution in [-0.2, 0) is 6.54 Å². The van der Waals surface area contributed by atoms with Crippen molar-refractivity contribution in [3.63, 3.8) is 0 Å². The average Bonchev–Trinajstić information content (AvgIpc) is 3.32. The zero-order valence-electron chi connectivity index (χ0n) is 15.4. The summed E-state index contributed by atoms with van der Waals surface area (Å²) in [6, 6.07) is 10.1. The van der Waals surface area contributed by atoms with E-state index in [9.17, 15) is 9.18 Å². The summed E-state index contributed by atoms with van der Waals surface area (Å²) in [6.45, 7) is 6.10. The molecule has 5 nitrogen and oxygen atoms in total. The van der Waals surface area contributed by atoms with E-state index in [2.05, 4.69) is 19.8 Å². The molecule has 2 aromatic carbocycles. The average molecular weight is 366 g/mol. The van der Waals surface area contributed by atoms with Gasteiger partial charge < -0.3 is 14.8 Å². The summed E-state index contributed by atoms with van der Waals surface area (Å²) >= 11 is 0. The van der Waals surface area contributed by atoms with Crippen molar-refractivity contribution in [3.05, 3.63) is 59.7 Å². The molecule has 1 aromatic heterocycles. The second-order valence-corrected chi connectivity index (χ2v) is 7.13. The maximum absolute atomic E-state index is 13.9. The van der Waals surface area contributed by atoms with Crippen LogP contribution in [0.4, 0.5) is 10.1 Å². The number of nitrogens with zero attached hydrogens (tertiary/aromatic N) is 3. The number of hydrogen-bond acceptors (Lipinski definition) is 3. The molecule has 0 atom stereocenters. The number of hydrogen-bond donors (Lipinski definition) is 1. The first-order valence-electron chi connectivity index (χ1n) is 9.35. The van der Waals surface area contributed by atoms with E-state index in [1.54, 1.807) is 24.3 Å². The Balaban J connectivity index is 1.49. The number of amides is 1. The van der Waals surface area contributed by atoms with Crippen molar-refractivity contribution < 1.29 is 9.18 Å². The van der Waals surface area contributed by atoms with E-state index in [1.165, 1.54) is 32.0 Å². The fourth-order valence-corrected chi connectivity index (χ4v) is 3.57. The summed E-state index contributed by atoms with van der Waals surface area (Å²) in [4.78, 5) is 19.4. The van der Waals surface area contributed by atoms with Gasteiger partial charge in [0.15, 0.2) is 0 Å². The summed E-state index contributed by atoms with van der Waals surface area (Å²) in [5.41, 5.74) is 3.32. The molecule has 0 unspecified atom stereocenters. The first-order valence-corrected chi connectivity index (χ1v) is 9.35. The van der Waals surface area contributed by atoms with Crippen LogP contribution in [0, 0.1) is 12.7 Å². The van der Waals surface area contributed by atoms with Crippen molar-refractivity contribution in [1.29, 1.82) is 0 Å². The highest BCUT2D eigenvalue weighted by molar-refractivity contribution is 6.06. The van der Waals surface area contributed by atoms with Crippen LogP contribution in [0.1, 0.15) is 28.8 Å². The van der Waals surface area contributed by atoms with Crippen LogP contribution in [-0.4, -0.2) is 40.0 Å². The number of rotatable bonds is 5. The molecule has 1 N–H and O–H groups in total. The van der Waals surface area contributed by atoms with Gasteiger partial charge in [0.1, 0.15) is 5.82 Å². The van der Waals surface area contributed by atoms with Crippen molar-refractivity contribution in [2.75, 3.05) is 25.0 Å². The van der Waals surface area contributed by atoms with E-state index in [1.807, 2.05) is 19.3 Å². The lowest BCUT2D eigenvalue weighted by Gasteiger charge is -2.15. The minimum atomic E-state index is -0.443. The molecule has 0 bridgehead atoms. The second-order valence-electron chi connectivity index (χ2n) is 7.13. The summed E-state index contributed by atoms with van der Waals surface area (Å²) in [5, 5.41) is 2.65. The van der Waals surface area contributed by atoms with Crippen LogP contribution < -0.4 is 5.32 Å². The third-order valence-electron chi connectivity index (χ3n) is 5.11. The van der Waals surface area contributed by atoms with Crippen molar-refractivity contribution in [1.82, 2.24) is 14.5 Å². The number of likely N-dealkylation sites (tertiary alicyclic amines) is 1. The minimum absolute atomic E-state index is 0.191. The molecule has 4 rings (SSSR count). The van der Waals surface area contributed by atoms with Crippen LogP contribution >= 0.6 is 0 Å². The van der Waals surface area contributed by atoms with E-state index >= 15 is 0 Å². The lowest BCUT2D eigenvalue weighted by molar-refractivity contribution is 0.102. The summed E-state index contributed by atoms with van der Waals surface area (Å²) in [5.74, 6) is -0.783. The number of aryl methyl sites for hydroxylation is 1. The van der Waals surface area contributed by atoms with Gasteiger partial charge in [0, 0.05) is 18.7 Å². The second kappa shape index (κ2) is 7.48. The Morgan fingerprint density at radius 2 is 1.96 bits per heavy atom. The van der Waals surface area contributed by atoms with Gasteiger partial charge in [-0.15, -0.1) is 0 Å². The number of fused-ring (bicyclic) bond motifs is 1. The van der Waals surface area contributed by atoms with Crippen molar-refractivity contribution >= 4 is 22.6 Å². The van der Waals surface area contributed by atoms with Crippen LogP contribution in [0.25, 0.3) is 11.0 Å². The van der Waals surface area contributed by atoms with Crippen LogP contribution in [0.15, 0.2) is 42.7 Å². The Morgan fingerprint density at radius 1 is 1.15 bits per heavy atom. The highest BCUT2D eigenvalue weighted by atomic mass is 19.1. The van der Waals surface area contributed by atoms with Crippen molar-refractivity contribution in [3.8, 4) is 0 Å². The summed E-state index contributed by atoms with van der Waals surface area (Å²) in [6.07, 6.45) is 4.39. The maximum atomic E-state index is 13.9. The van der Waals surface area contributed by atoms with Crippen LogP contribution in [0.3, 0.4) is 0 Å². The molecule has 0 saturated carbocycles. The topological polar surface area (TPSA) is 50.2 Å². The van der Waals surface area contributed by atoms with E-state index in [0.29, 0.717) is 5.56 Å². The molecule has 1 aliphatic heterocycles. The normalized spacial score (nSPS) is 14.7. The van der Waals surface area contributed by atoms with Gasteiger partial charge in [0.2, 0.25) is 0 Å². The predicted octanol–water partition coefficient (Wildman–Crippen LogP) is 3.83. The Kier molecular flexibility index (Phi) is 4.90. The Bertz CT molecular complexity index is 975. The largest absolute Gasteiger partial charge is 0.329 e. The highest BCUT2D eigenvalue weighted by Crippen LogP contribution is 2.19. The van der Waals surface area contributed by atoms with Gasteiger partial charge in [-0.2, -0.15) is 0 Å². The molecular weight excluding hydrogens is 343 g/mol. The van der Waals surface area contributed by atoms with Crippen molar-refractivity contribution in [2.45, 2.75) is 26.3 Å². The fourth-order valence-electron chi connectivity index (χ4n) is 3.57. The van der Waals surface area contributed by atoms with Gasteiger partial charge in [0.25, 0.3) is 5.91 Å². The van der Waals surface area contributed by atoms with Gasteiger partial charge in [-0.25, -0.2) is 9.37 Å². The first kappa shape index (κ1) is 17.7. The van der Waals surface area contributed by atoms with Crippen LogP contribution in [0.2, 0.25) is 0 Å². The molecule has 0 radical (unpaired) electrons. The third kappa shape index (κ3) is 3.85. The number of anilines is 1. The quantitative estimate of drug-likeness (QED) is 0.747. The van der Waals surface area contributed by atoms with Gasteiger partial charge in [-0.3, -0.25) is 4.79 Å². The number of nitrogens with one attached hydrogen (secondary N) is 1. The standard InChI is InChI=1S/C21H23FN4O/c1-15-4-6-17(22)18(12-15)24-21(27)16-5-7-20-19(13-16)23-14-26(20)11-10-25-8-2-3-9-25/h4-7,12-14H,2-3,8-11H2,1H3,(H,24,27). The molecule has 1 amide bonds. The zero-order valence-corrected chi connectivity index (χ0v) is 15.4.